The van der Waals surface area contributed by atoms with Crippen LogP contribution in [-0.2, 0) is 6.54 Å². The summed E-state index contributed by atoms with van der Waals surface area (Å²) in [7, 11) is 0. The van der Waals surface area contributed by atoms with E-state index in [4.69, 9.17) is 22.3 Å². The van der Waals surface area contributed by atoms with E-state index in [1.54, 1.807) is 29.1 Å². The fraction of sp³-hybridized carbons (Fsp3) is 0.0455. The summed E-state index contributed by atoms with van der Waals surface area (Å²) in [5.41, 5.74) is 10.4. The topological polar surface area (TPSA) is 99.6 Å². The van der Waals surface area contributed by atoms with E-state index >= 15 is 0 Å². The lowest BCUT2D eigenvalue weighted by Gasteiger charge is -2.07. The fourth-order valence-corrected chi connectivity index (χ4v) is 3.60. The first-order valence-corrected chi connectivity index (χ1v) is 9.60. The smallest absolute Gasteiger partial charge is 0.250 e. The number of hydrogen-bond donors (Lipinski definition) is 1. The van der Waals surface area contributed by atoms with Crippen LogP contribution in [-0.4, -0.2) is 30.9 Å². The summed E-state index contributed by atoms with van der Waals surface area (Å²) in [5.74, 6) is -0.583. The van der Waals surface area contributed by atoms with E-state index in [1.807, 2.05) is 36.4 Å². The number of carbonyl (C=O) groups is 1. The Hall–Kier alpha value is -3.84. The van der Waals surface area contributed by atoms with Crippen molar-refractivity contribution in [3.63, 3.8) is 0 Å². The van der Waals surface area contributed by atoms with E-state index in [1.165, 1.54) is 0 Å². The van der Waals surface area contributed by atoms with Crippen LogP contribution in [0.15, 0.2) is 66.9 Å². The second kappa shape index (κ2) is 7.20. The Bertz CT molecular complexity index is 1430. The summed E-state index contributed by atoms with van der Waals surface area (Å²) in [6.07, 6.45) is 1.78. The molecule has 5 aromatic rings. The van der Waals surface area contributed by atoms with Gasteiger partial charge in [0.1, 0.15) is 5.52 Å². The average molecular weight is 415 g/mol. The number of rotatable bonds is 4. The molecule has 8 heteroatoms. The largest absolute Gasteiger partial charge is 0.366 e. The number of carbonyl (C=O) groups excluding carboxylic acids is 1. The van der Waals surface area contributed by atoms with Gasteiger partial charge in [0.2, 0.25) is 5.91 Å². The van der Waals surface area contributed by atoms with Crippen LogP contribution in [0.25, 0.3) is 33.3 Å². The third kappa shape index (κ3) is 3.25. The molecule has 146 valence electrons. The molecule has 2 aromatic carbocycles. The molecule has 0 aliphatic rings. The van der Waals surface area contributed by atoms with Crippen molar-refractivity contribution < 1.29 is 4.79 Å². The van der Waals surface area contributed by atoms with Crippen molar-refractivity contribution in [1.29, 1.82) is 0 Å². The maximum absolute atomic E-state index is 11.6. The number of benzene rings is 2. The molecule has 0 aliphatic heterocycles. The molecule has 7 nitrogen and oxygen atoms in total. The Labute approximate surface area is 176 Å². The van der Waals surface area contributed by atoms with Crippen molar-refractivity contribution >= 4 is 39.6 Å². The minimum atomic E-state index is -0.583. The number of pyridine rings is 2. The van der Waals surface area contributed by atoms with Crippen LogP contribution >= 0.6 is 11.6 Å². The number of aromatic nitrogens is 5. The molecule has 30 heavy (non-hydrogen) atoms. The first-order valence-electron chi connectivity index (χ1n) is 9.22. The summed E-state index contributed by atoms with van der Waals surface area (Å²) in [6.45, 7) is 0.519. The van der Waals surface area contributed by atoms with Gasteiger partial charge in [-0.05, 0) is 48.0 Å². The minimum Gasteiger partial charge on any atom is -0.366 e. The van der Waals surface area contributed by atoms with Crippen LogP contribution < -0.4 is 5.73 Å². The van der Waals surface area contributed by atoms with Gasteiger partial charge in [0.25, 0.3) is 0 Å². The Balaban J connectivity index is 1.54. The van der Waals surface area contributed by atoms with E-state index in [0.29, 0.717) is 28.4 Å². The average Bonchev–Trinajstić information content (AvgIpc) is 3.16. The zero-order chi connectivity index (χ0) is 20.7. The van der Waals surface area contributed by atoms with Crippen LogP contribution in [0.1, 0.15) is 15.9 Å². The van der Waals surface area contributed by atoms with Gasteiger partial charge in [-0.2, -0.15) is 0 Å². The highest BCUT2D eigenvalue weighted by Crippen LogP contribution is 2.25. The standard InChI is InChI=1S/C22H15ClN6O/c23-17-5-4-15(11-16(17)21(24)30)19-7-8-20-22(26-19)29(28-27-20)12-13-3-6-18-14(10-13)2-1-9-25-18/h1-11H,12H2,(H2,24,30). The molecule has 2 N–H and O–H groups in total. The van der Waals surface area contributed by atoms with Crippen molar-refractivity contribution in [2.45, 2.75) is 6.54 Å². The lowest BCUT2D eigenvalue weighted by Crippen LogP contribution is -2.11. The number of primary amides is 1. The van der Waals surface area contributed by atoms with Gasteiger partial charge in [0.05, 0.1) is 28.3 Å². The number of nitrogens with two attached hydrogens (primary N) is 1. The van der Waals surface area contributed by atoms with Crippen molar-refractivity contribution in [1.82, 2.24) is 25.0 Å². The van der Waals surface area contributed by atoms with Crippen LogP contribution in [0.2, 0.25) is 5.02 Å². The summed E-state index contributed by atoms with van der Waals surface area (Å²) >= 11 is 6.06. The van der Waals surface area contributed by atoms with Gasteiger partial charge in [-0.25, -0.2) is 9.67 Å². The van der Waals surface area contributed by atoms with Crippen LogP contribution in [0.5, 0.6) is 0 Å². The molecule has 3 aromatic heterocycles. The second-order valence-electron chi connectivity index (χ2n) is 6.88. The van der Waals surface area contributed by atoms with E-state index in [-0.39, 0.29) is 5.56 Å². The zero-order valence-corrected chi connectivity index (χ0v) is 16.4. The first kappa shape index (κ1) is 18.2. The number of fused-ring (bicyclic) bond motifs is 2. The third-order valence-electron chi connectivity index (χ3n) is 4.89. The molecule has 0 bridgehead atoms. The Kier molecular flexibility index (Phi) is 4.37. The van der Waals surface area contributed by atoms with Gasteiger partial charge in [0.15, 0.2) is 5.65 Å². The van der Waals surface area contributed by atoms with E-state index in [0.717, 1.165) is 22.0 Å². The lowest BCUT2D eigenvalue weighted by atomic mass is 10.1. The first-order chi connectivity index (χ1) is 14.6. The molecule has 5 rings (SSSR count). The molecule has 0 aliphatic carbocycles. The van der Waals surface area contributed by atoms with Gasteiger partial charge >= 0.3 is 0 Å². The minimum absolute atomic E-state index is 0.257. The monoisotopic (exact) mass is 414 g/mol. The molecule has 0 saturated heterocycles. The summed E-state index contributed by atoms with van der Waals surface area (Å²) in [6, 6.07) is 18.8. The molecule has 0 spiro atoms. The van der Waals surface area contributed by atoms with E-state index in [9.17, 15) is 4.79 Å². The Morgan fingerprint density at radius 3 is 2.77 bits per heavy atom. The third-order valence-corrected chi connectivity index (χ3v) is 5.22. The number of halogens is 1. The van der Waals surface area contributed by atoms with Crippen molar-refractivity contribution in [3.8, 4) is 11.3 Å². The van der Waals surface area contributed by atoms with Gasteiger partial charge in [-0.15, -0.1) is 5.10 Å². The van der Waals surface area contributed by atoms with E-state index < -0.39 is 5.91 Å². The quantitative estimate of drug-likeness (QED) is 0.481. The van der Waals surface area contributed by atoms with Crippen molar-refractivity contribution in [2.75, 3.05) is 0 Å². The zero-order valence-electron chi connectivity index (χ0n) is 15.7. The van der Waals surface area contributed by atoms with Crippen LogP contribution in [0.4, 0.5) is 0 Å². The van der Waals surface area contributed by atoms with Crippen LogP contribution in [0, 0.1) is 0 Å². The molecule has 0 radical (unpaired) electrons. The van der Waals surface area contributed by atoms with E-state index in [2.05, 4.69) is 21.4 Å². The SMILES string of the molecule is NC(=O)c1cc(-c2ccc3nnn(Cc4ccc5ncccc5c4)c3n2)ccc1Cl. The highest BCUT2D eigenvalue weighted by molar-refractivity contribution is 6.33. The normalized spacial score (nSPS) is 11.2. The highest BCUT2D eigenvalue weighted by atomic mass is 35.5. The molecule has 1 amide bonds. The van der Waals surface area contributed by atoms with Crippen molar-refractivity contribution in [3.05, 3.63) is 83.0 Å². The van der Waals surface area contributed by atoms with Gasteiger partial charge in [0, 0.05) is 17.1 Å². The molecule has 3 heterocycles. The number of nitrogens with zero attached hydrogens (tertiary/aromatic N) is 5. The maximum atomic E-state index is 11.6. The number of amides is 1. The molecule has 0 saturated carbocycles. The lowest BCUT2D eigenvalue weighted by molar-refractivity contribution is 0.100. The molecule has 0 atom stereocenters. The molecule has 0 unspecified atom stereocenters. The predicted molar refractivity (Wildman–Crippen MR) is 115 cm³/mol. The summed E-state index contributed by atoms with van der Waals surface area (Å²) < 4.78 is 1.75. The Morgan fingerprint density at radius 2 is 1.90 bits per heavy atom. The van der Waals surface area contributed by atoms with Gasteiger partial charge in [-0.3, -0.25) is 9.78 Å². The highest BCUT2D eigenvalue weighted by Gasteiger charge is 2.12. The molecule has 0 fully saturated rings. The molecular formula is C22H15ClN6O. The maximum Gasteiger partial charge on any atom is 0.250 e. The number of hydrogen-bond acceptors (Lipinski definition) is 5. The summed E-state index contributed by atoms with van der Waals surface area (Å²) in [5, 5.41) is 9.85. The fourth-order valence-electron chi connectivity index (χ4n) is 3.39. The molecular weight excluding hydrogens is 400 g/mol. The summed E-state index contributed by atoms with van der Waals surface area (Å²) in [4.78, 5) is 20.7. The predicted octanol–water partition coefficient (Wildman–Crippen LogP) is 3.84. The van der Waals surface area contributed by atoms with Crippen LogP contribution in [0.3, 0.4) is 0 Å². The van der Waals surface area contributed by atoms with Crippen molar-refractivity contribution in [2.24, 2.45) is 5.73 Å². The Morgan fingerprint density at radius 1 is 1.03 bits per heavy atom. The van der Waals surface area contributed by atoms with Gasteiger partial charge in [-0.1, -0.05) is 35.0 Å². The second-order valence-corrected chi connectivity index (χ2v) is 7.28. The van der Waals surface area contributed by atoms with Gasteiger partial charge < -0.3 is 5.73 Å².